The topological polar surface area (TPSA) is 84.2 Å². The molecule has 1 heterocycles. The van der Waals surface area contributed by atoms with Crippen LogP contribution in [0.5, 0.6) is 23.0 Å². The van der Waals surface area contributed by atoms with Crippen molar-refractivity contribution in [3.63, 3.8) is 0 Å². The smallest absolute Gasteiger partial charge is 0.347 e. The van der Waals surface area contributed by atoms with Gasteiger partial charge in [0, 0.05) is 6.07 Å². The average molecular weight is 412 g/mol. The largest absolute Gasteiger partial charge is 0.497 e. The summed E-state index contributed by atoms with van der Waals surface area (Å²) in [6.07, 6.45) is 1.73. The van der Waals surface area contributed by atoms with Crippen LogP contribution < -0.4 is 19.6 Å². The Labute approximate surface area is 174 Å². The van der Waals surface area contributed by atoms with Crippen molar-refractivity contribution < 1.29 is 28.2 Å². The molecule has 0 aliphatic heterocycles. The zero-order valence-electron chi connectivity index (χ0n) is 17.2. The minimum atomic E-state index is -0.724. The number of carbonyl (C=O) groups excluding carboxylic acids is 1. The first-order chi connectivity index (χ1) is 14.5. The summed E-state index contributed by atoms with van der Waals surface area (Å²) < 4.78 is 27.2. The van der Waals surface area contributed by atoms with Crippen LogP contribution in [-0.2, 0) is 9.53 Å². The van der Waals surface area contributed by atoms with Gasteiger partial charge in [0.1, 0.15) is 29.1 Å². The summed E-state index contributed by atoms with van der Waals surface area (Å²) in [5, 5.41) is 0.343. The first-order valence-corrected chi connectivity index (χ1v) is 9.76. The highest BCUT2D eigenvalue weighted by molar-refractivity contribution is 5.79. The van der Waals surface area contributed by atoms with Crippen LogP contribution in [-0.4, -0.2) is 25.8 Å². The van der Waals surface area contributed by atoms with Crippen molar-refractivity contribution >= 4 is 16.9 Å². The van der Waals surface area contributed by atoms with Gasteiger partial charge in [0.25, 0.3) is 0 Å². The van der Waals surface area contributed by atoms with E-state index in [1.165, 1.54) is 6.26 Å². The molecule has 1 atom stereocenters. The summed E-state index contributed by atoms with van der Waals surface area (Å²) >= 11 is 0. The third-order valence-electron chi connectivity index (χ3n) is 4.36. The summed E-state index contributed by atoms with van der Waals surface area (Å²) in [4.78, 5) is 24.8. The minimum absolute atomic E-state index is 0.0657. The molecular formula is C23H24O7. The van der Waals surface area contributed by atoms with Crippen LogP contribution in [0.2, 0.25) is 0 Å². The second kappa shape index (κ2) is 9.82. The molecule has 3 rings (SSSR count). The fourth-order valence-electron chi connectivity index (χ4n) is 2.76. The van der Waals surface area contributed by atoms with Gasteiger partial charge in [-0.05, 0) is 49.2 Å². The Morgan fingerprint density at radius 3 is 2.40 bits per heavy atom. The van der Waals surface area contributed by atoms with Gasteiger partial charge >= 0.3 is 5.97 Å². The van der Waals surface area contributed by atoms with Crippen LogP contribution in [0, 0.1) is 0 Å². The second-order valence-electron chi connectivity index (χ2n) is 6.55. The number of carbonyl (C=O) groups is 1. The van der Waals surface area contributed by atoms with Gasteiger partial charge < -0.3 is 23.4 Å². The van der Waals surface area contributed by atoms with Crippen molar-refractivity contribution in [2.24, 2.45) is 0 Å². The maximum absolute atomic E-state index is 12.7. The van der Waals surface area contributed by atoms with Crippen molar-refractivity contribution in [3.05, 3.63) is 59.0 Å². The van der Waals surface area contributed by atoms with E-state index in [9.17, 15) is 9.59 Å². The summed E-state index contributed by atoms with van der Waals surface area (Å²) in [6.45, 7) is 4.11. The minimum Gasteiger partial charge on any atom is -0.497 e. The molecule has 0 bridgehead atoms. The van der Waals surface area contributed by atoms with Crippen LogP contribution in [0.15, 0.2) is 57.9 Å². The maximum atomic E-state index is 12.7. The molecule has 0 aliphatic carbocycles. The molecular weight excluding hydrogens is 388 g/mol. The van der Waals surface area contributed by atoms with Crippen molar-refractivity contribution in [1.82, 2.24) is 0 Å². The van der Waals surface area contributed by atoms with Gasteiger partial charge in [-0.1, -0.05) is 13.8 Å². The van der Waals surface area contributed by atoms with Gasteiger partial charge in [0.05, 0.1) is 19.1 Å². The Balaban J connectivity index is 1.79. The van der Waals surface area contributed by atoms with Gasteiger partial charge in [-0.15, -0.1) is 0 Å². The third kappa shape index (κ3) is 4.92. The van der Waals surface area contributed by atoms with Crippen molar-refractivity contribution in [2.75, 3.05) is 13.7 Å². The van der Waals surface area contributed by atoms with E-state index in [0.717, 1.165) is 6.42 Å². The van der Waals surface area contributed by atoms with Gasteiger partial charge in [-0.2, -0.15) is 0 Å². The van der Waals surface area contributed by atoms with Gasteiger partial charge in [0.2, 0.25) is 11.2 Å². The monoisotopic (exact) mass is 412 g/mol. The molecule has 0 saturated heterocycles. The zero-order valence-corrected chi connectivity index (χ0v) is 17.2. The molecule has 0 saturated carbocycles. The molecule has 158 valence electrons. The Morgan fingerprint density at radius 2 is 1.73 bits per heavy atom. The Kier molecular flexibility index (Phi) is 6.95. The lowest BCUT2D eigenvalue weighted by Gasteiger charge is -2.16. The molecule has 0 unspecified atom stereocenters. The molecule has 1 aromatic heterocycles. The van der Waals surface area contributed by atoms with Crippen LogP contribution in [0.1, 0.15) is 26.7 Å². The predicted octanol–water partition coefficient (Wildman–Crippen LogP) is 4.70. The van der Waals surface area contributed by atoms with Crippen molar-refractivity contribution in [3.8, 4) is 23.0 Å². The Morgan fingerprint density at radius 1 is 1.03 bits per heavy atom. The second-order valence-corrected chi connectivity index (χ2v) is 6.55. The van der Waals surface area contributed by atoms with E-state index in [0.29, 0.717) is 41.2 Å². The summed E-state index contributed by atoms with van der Waals surface area (Å²) in [5.74, 6) is 1.23. The van der Waals surface area contributed by atoms with Gasteiger partial charge in [0.15, 0.2) is 6.10 Å². The lowest BCUT2D eigenvalue weighted by Crippen LogP contribution is -2.28. The summed E-state index contributed by atoms with van der Waals surface area (Å²) in [7, 11) is 1.57. The van der Waals surface area contributed by atoms with Crippen LogP contribution in [0.4, 0.5) is 0 Å². The van der Waals surface area contributed by atoms with Gasteiger partial charge in [-0.3, -0.25) is 4.79 Å². The van der Waals surface area contributed by atoms with Crippen LogP contribution in [0.3, 0.4) is 0 Å². The SMILES string of the molecule is CCCOC(=O)[C@@H](CC)Oc1ccc2c(=O)c(Oc3ccc(OC)cc3)coc2c1. The highest BCUT2D eigenvalue weighted by atomic mass is 16.6. The summed E-state index contributed by atoms with van der Waals surface area (Å²) in [5.41, 5.74) is 0.0179. The van der Waals surface area contributed by atoms with Crippen molar-refractivity contribution in [2.45, 2.75) is 32.8 Å². The van der Waals surface area contributed by atoms with E-state index < -0.39 is 12.1 Å². The van der Waals surface area contributed by atoms with E-state index >= 15 is 0 Å². The quantitative estimate of drug-likeness (QED) is 0.471. The van der Waals surface area contributed by atoms with E-state index in [4.69, 9.17) is 23.4 Å². The number of methoxy groups -OCH3 is 1. The highest BCUT2D eigenvalue weighted by Gasteiger charge is 2.20. The molecule has 7 nitrogen and oxygen atoms in total. The lowest BCUT2D eigenvalue weighted by atomic mass is 10.2. The average Bonchev–Trinajstić information content (AvgIpc) is 2.78. The lowest BCUT2D eigenvalue weighted by molar-refractivity contribution is -0.152. The highest BCUT2D eigenvalue weighted by Crippen LogP contribution is 2.26. The predicted molar refractivity (Wildman–Crippen MR) is 112 cm³/mol. The molecule has 0 spiro atoms. The van der Waals surface area contributed by atoms with E-state index in [1.807, 2.05) is 13.8 Å². The zero-order chi connectivity index (χ0) is 21.5. The number of hydrogen-bond donors (Lipinski definition) is 0. The summed E-state index contributed by atoms with van der Waals surface area (Å²) in [6, 6.07) is 11.6. The number of benzene rings is 2. The third-order valence-corrected chi connectivity index (χ3v) is 4.36. The van der Waals surface area contributed by atoms with E-state index in [-0.39, 0.29) is 11.2 Å². The van der Waals surface area contributed by atoms with Crippen molar-refractivity contribution in [1.29, 1.82) is 0 Å². The van der Waals surface area contributed by atoms with E-state index in [2.05, 4.69) is 0 Å². The first kappa shape index (κ1) is 21.2. The molecule has 7 heteroatoms. The Bertz CT molecular complexity index is 1050. The molecule has 3 aromatic rings. The number of rotatable bonds is 9. The first-order valence-electron chi connectivity index (χ1n) is 9.76. The number of fused-ring (bicyclic) bond motifs is 1. The number of esters is 1. The molecule has 0 amide bonds. The fraction of sp³-hybridized carbons (Fsp3) is 0.304. The van der Waals surface area contributed by atoms with Crippen LogP contribution in [0.25, 0.3) is 11.0 Å². The Hall–Kier alpha value is -3.48. The van der Waals surface area contributed by atoms with Crippen LogP contribution >= 0.6 is 0 Å². The number of hydrogen-bond acceptors (Lipinski definition) is 7. The van der Waals surface area contributed by atoms with Gasteiger partial charge in [-0.25, -0.2) is 4.79 Å². The molecule has 0 fully saturated rings. The molecule has 2 aromatic carbocycles. The molecule has 0 N–H and O–H groups in total. The maximum Gasteiger partial charge on any atom is 0.347 e. The molecule has 0 radical (unpaired) electrons. The molecule has 0 aliphatic rings. The molecule has 30 heavy (non-hydrogen) atoms. The van der Waals surface area contributed by atoms with E-state index in [1.54, 1.807) is 49.6 Å². The fourth-order valence-corrected chi connectivity index (χ4v) is 2.76. The number of ether oxygens (including phenoxy) is 4. The normalized spacial score (nSPS) is 11.7. The standard InChI is InChI=1S/C23H24O7/c1-4-12-27-23(25)19(5-2)30-17-10-11-18-20(13-17)28-14-21(22(18)24)29-16-8-6-15(26-3)7-9-16/h6-11,13-14,19H,4-5,12H2,1-3H3/t19-/m1/s1.